The Morgan fingerprint density at radius 1 is 1.20 bits per heavy atom. The van der Waals surface area contributed by atoms with Crippen molar-refractivity contribution in [3.63, 3.8) is 0 Å². The molecule has 0 fully saturated rings. The molecule has 0 bridgehead atoms. The van der Waals surface area contributed by atoms with Crippen LogP contribution in [0.25, 0.3) is 0 Å². The Balaban J connectivity index is 1.85. The van der Waals surface area contributed by atoms with E-state index < -0.39 is 0 Å². The van der Waals surface area contributed by atoms with E-state index in [9.17, 15) is 10.2 Å². The molecule has 0 saturated carbocycles. The monoisotopic (exact) mass is 277 g/mol. The van der Waals surface area contributed by atoms with Crippen molar-refractivity contribution in [1.82, 2.24) is 16.0 Å². The minimum atomic E-state index is -0.126. The van der Waals surface area contributed by atoms with E-state index in [-0.39, 0.29) is 17.7 Å². The lowest BCUT2D eigenvalue weighted by molar-refractivity contribution is 0.403. The quantitative estimate of drug-likeness (QED) is 0.505. The molecule has 1 aromatic rings. The molecule has 5 N–H and O–H groups in total. The number of aromatic hydroxyl groups is 2. The Labute approximate surface area is 117 Å². The van der Waals surface area contributed by atoms with Crippen LogP contribution in [0.3, 0.4) is 0 Å². The summed E-state index contributed by atoms with van der Waals surface area (Å²) < 4.78 is 0. The van der Waals surface area contributed by atoms with Crippen LogP contribution in [-0.4, -0.2) is 41.9 Å². The van der Waals surface area contributed by atoms with Crippen LogP contribution in [0.2, 0.25) is 0 Å². The van der Waals surface area contributed by atoms with Gasteiger partial charge >= 0.3 is 0 Å². The maximum atomic E-state index is 9.42. The Hall–Kier alpha value is -2.44. The van der Waals surface area contributed by atoms with Gasteiger partial charge in [-0.1, -0.05) is 6.07 Å². The number of phenolic OH excluding ortho intramolecular Hbond substituents is 2. The number of hydrogen-bond acceptors (Lipinski definition) is 7. The Bertz CT molecular complexity index is 542. The van der Waals surface area contributed by atoms with E-state index in [1.807, 2.05) is 6.92 Å². The predicted octanol–water partition coefficient (Wildman–Crippen LogP) is 0.110. The van der Waals surface area contributed by atoms with Crippen molar-refractivity contribution in [3.8, 4) is 11.5 Å². The Morgan fingerprint density at radius 2 is 1.95 bits per heavy atom. The molecule has 0 aliphatic carbocycles. The van der Waals surface area contributed by atoms with Gasteiger partial charge in [0.05, 0.1) is 0 Å². The highest BCUT2D eigenvalue weighted by molar-refractivity contribution is 5.99. The number of nitrogens with one attached hydrogen (secondary N) is 3. The van der Waals surface area contributed by atoms with E-state index in [1.165, 1.54) is 6.07 Å². The molecule has 1 atom stereocenters. The Kier molecular flexibility index (Phi) is 4.29. The van der Waals surface area contributed by atoms with Gasteiger partial charge in [0.2, 0.25) is 0 Å². The number of benzene rings is 1. The van der Waals surface area contributed by atoms with Gasteiger partial charge in [-0.3, -0.25) is 5.32 Å². The van der Waals surface area contributed by atoms with Gasteiger partial charge in [0, 0.05) is 13.6 Å². The number of phenols is 2. The highest BCUT2D eigenvalue weighted by Gasteiger charge is 2.11. The molecule has 2 rings (SSSR count). The third kappa shape index (κ3) is 3.53. The maximum absolute atomic E-state index is 9.42. The van der Waals surface area contributed by atoms with Crippen LogP contribution in [0.5, 0.6) is 11.5 Å². The predicted molar refractivity (Wildman–Crippen MR) is 78.0 cm³/mol. The summed E-state index contributed by atoms with van der Waals surface area (Å²) in [5.74, 6) is 1.13. The van der Waals surface area contributed by atoms with E-state index in [2.05, 4.69) is 25.9 Å². The van der Waals surface area contributed by atoms with Crippen molar-refractivity contribution in [2.75, 3.05) is 13.6 Å². The molecule has 1 unspecified atom stereocenters. The second-order valence-corrected chi connectivity index (χ2v) is 4.46. The molecule has 0 amide bonds. The summed E-state index contributed by atoms with van der Waals surface area (Å²) in [4.78, 5) is 8.57. The first-order valence-electron chi connectivity index (χ1n) is 6.43. The molecular formula is C13H19N5O2. The molecule has 1 aliphatic heterocycles. The minimum absolute atomic E-state index is 0.103. The summed E-state index contributed by atoms with van der Waals surface area (Å²) in [6.45, 7) is 2.55. The van der Waals surface area contributed by atoms with Crippen LogP contribution in [0.4, 0.5) is 0 Å². The third-order valence-electron chi connectivity index (χ3n) is 2.85. The van der Waals surface area contributed by atoms with Crippen LogP contribution in [0.1, 0.15) is 12.5 Å². The van der Waals surface area contributed by atoms with Gasteiger partial charge in [0.1, 0.15) is 6.17 Å². The second kappa shape index (κ2) is 6.14. The van der Waals surface area contributed by atoms with Crippen LogP contribution in [-0.2, 0) is 6.42 Å². The lowest BCUT2D eigenvalue weighted by atomic mass is 10.1. The topological polar surface area (TPSA) is 101 Å². The van der Waals surface area contributed by atoms with Crippen molar-refractivity contribution in [2.45, 2.75) is 19.5 Å². The molecule has 0 spiro atoms. The zero-order chi connectivity index (χ0) is 14.5. The van der Waals surface area contributed by atoms with E-state index in [0.29, 0.717) is 24.9 Å². The van der Waals surface area contributed by atoms with Crippen molar-refractivity contribution in [1.29, 1.82) is 0 Å². The van der Waals surface area contributed by atoms with Gasteiger partial charge in [0.25, 0.3) is 0 Å². The fourth-order valence-corrected chi connectivity index (χ4v) is 1.85. The summed E-state index contributed by atoms with van der Waals surface area (Å²) >= 11 is 0. The summed E-state index contributed by atoms with van der Waals surface area (Å²) in [7, 11) is 1.79. The van der Waals surface area contributed by atoms with Gasteiger partial charge < -0.3 is 20.8 Å². The van der Waals surface area contributed by atoms with Gasteiger partial charge in [-0.2, -0.15) is 0 Å². The summed E-state index contributed by atoms with van der Waals surface area (Å²) in [5, 5.41) is 27.8. The first-order chi connectivity index (χ1) is 9.58. The fraction of sp³-hybridized carbons (Fsp3) is 0.385. The summed E-state index contributed by atoms with van der Waals surface area (Å²) in [6.07, 6.45) is 0.577. The molecule has 7 heteroatoms. The van der Waals surface area contributed by atoms with Crippen LogP contribution >= 0.6 is 0 Å². The lowest BCUT2D eigenvalue weighted by Gasteiger charge is -2.19. The first-order valence-corrected chi connectivity index (χ1v) is 6.43. The Morgan fingerprint density at radius 3 is 2.65 bits per heavy atom. The van der Waals surface area contributed by atoms with Gasteiger partial charge in [0.15, 0.2) is 23.4 Å². The molecule has 20 heavy (non-hydrogen) atoms. The molecule has 1 heterocycles. The van der Waals surface area contributed by atoms with E-state index >= 15 is 0 Å². The SMILES string of the molecule is CNC1=NC(C)N=C(NCCc2ccc(O)c(O)c2)N1. The third-order valence-corrected chi connectivity index (χ3v) is 2.85. The lowest BCUT2D eigenvalue weighted by Crippen LogP contribution is -2.49. The zero-order valence-electron chi connectivity index (χ0n) is 11.5. The molecule has 7 nitrogen and oxygen atoms in total. The number of hydrogen-bond donors (Lipinski definition) is 5. The van der Waals surface area contributed by atoms with E-state index in [4.69, 9.17) is 0 Å². The standard InChI is InChI=1S/C13H19N5O2/c1-8-16-12(14-2)18-13(17-8)15-6-5-9-3-4-10(19)11(20)7-9/h3-4,7-8,19-20H,5-6H2,1-2H3,(H3,14,15,16,17,18). The first kappa shape index (κ1) is 14.0. The molecule has 1 aromatic carbocycles. The van der Waals surface area contributed by atoms with Crippen molar-refractivity contribution in [3.05, 3.63) is 23.8 Å². The maximum Gasteiger partial charge on any atom is 0.200 e. The van der Waals surface area contributed by atoms with Crippen LogP contribution in [0, 0.1) is 0 Å². The van der Waals surface area contributed by atoms with E-state index in [1.54, 1.807) is 19.2 Å². The molecular weight excluding hydrogens is 258 g/mol. The fourth-order valence-electron chi connectivity index (χ4n) is 1.85. The van der Waals surface area contributed by atoms with Crippen LogP contribution < -0.4 is 16.0 Å². The molecule has 108 valence electrons. The molecule has 0 radical (unpaired) electrons. The summed E-state index contributed by atoms with van der Waals surface area (Å²) in [6, 6.07) is 4.81. The van der Waals surface area contributed by atoms with Crippen molar-refractivity contribution in [2.24, 2.45) is 9.98 Å². The summed E-state index contributed by atoms with van der Waals surface area (Å²) in [5.41, 5.74) is 0.930. The van der Waals surface area contributed by atoms with Crippen LogP contribution in [0.15, 0.2) is 28.2 Å². The van der Waals surface area contributed by atoms with Gasteiger partial charge in [-0.15, -0.1) is 0 Å². The second-order valence-electron chi connectivity index (χ2n) is 4.46. The number of aliphatic imine (C=N–C) groups is 2. The van der Waals surface area contributed by atoms with E-state index in [0.717, 1.165) is 5.56 Å². The van der Waals surface area contributed by atoms with Gasteiger partial charge in [-0.25, -0.2) is 9.98 Å². The minimum Gasteiger partial charge on any atom is -0.504 e. The average Bonchev–Trinajstić information content (AvgIpc) is 2.42. The highest BCUT2D eigenvalue weighted by Crippen LogP contribution is 2.24. The number of rotatable bonds is 3. The molecule has 0 saturated heterocycles. The smallest absolute Gasteiger partial charge is 0.200 e. The normalized spacial score (nSPS) is 17.8. The average molecular weight is 277 g/mol. The molecule has 1 aliphatic rings. The number of nitrogens with zero attached hydrogens (tertiary/aromatic N) is 2. The van der Waals surface area contributed by atoms with Gasteiger partial charge in [-0.05, 0) is 31.0 Å². The van der Waals surface area contributed by atoms with Crippen molar-refractivity contribution >= 4 is 11.9 Å². The number of guanidine groups is 2. The van der Waals surface area contributed by atoms with Crippen molar-refractivity contribution < 1.29 is 10.2 Å². The zero-order valence-corrected chi connectivity index (χ0v) is 11.5. The largest absolute Gasteiger partial charge is 0.504 e. The molecule has 0 aromatic heterocycles. The highest BCUT2D eigenvalue weighted by atomic mass is 16.3.